The molecule has 0 aliphatic carbocycles. The van der Waals surface area contributed by atoms with Crippen LogP contribution in [0.4, 0.5) is 15.8 Å². The molecule has 1 heterocycles. The SMILES string of the molecule is COc1ccc(F)c(Nc2cc(C)ncc2C(=O)O)c1. The lowest BCUT2D eigenvalue weighted by atomic mass is 10.2. The number of pyridine rings is 1. The van der Waals surface area contributed by atoms with Gasteiger partial charge in [-0.3, -0.25) is 4.98 Å². The molecule has 0 spiro atoms. The number of anilines is 2. The van der Waals surface area contributed by atoms with E-state index >= 15 is 0 Å². The molecule has 0 aliphatic rings. The third-order valence-electron chi connectivity index (χ3n) is 2.71. The standard InChI is InChI=1S/C14H13FN2O3/c1-8-5-12(10(7-16-8)14(18)19)17-13-6-9(20-2)3-4-11(13)15/h3-7H,1-2H3,(H,16,17)(H,18,19). The van der Waals surface area contributed by atoms with Gasteiger partial charge in [-0.25, -0.2) is 9.18 Å². The monoisotopic (exact) mass is 276 g/mol. The van der Waals surface area contributed by atoms with Crippen molar-refractivity contribution in [1.82, 2.24) is 4.98 Å². The molecule has 20 heavy (non-hydrogen) atoms. The van der Waals surface area contributed by atoms with Crippen LogP contribution < -0.4 is 10.1 Å². The Morgan fingerprint density at radius 2 is 2.10 bits per heavy atom. The predicted molar refractivity (Wildman–Crippen MR) is 72.2 cm³/mol. The second-order valence-electron chi connectivity index (χ2n) is 4.15. The van der Waals surface area contributed by atoms with Crippen LogP contribution in [0.2, 0.25) is 0 Å². The highest BCUT2D eigenvalue weighted by atomic mass is 19.1. The fraction of sp³-hybridized carbons (Fsp3) is 0.143. The van der Waals surface area contributed by atoms with Gasteiger partial charge in [-0.15, -0.1) is 0 Å². The Morgan fingerprint density at radius 3 is 2.75 bits per heavy atom. The second-order valence-corrected chi connectivity index (χ2v) is 4.15. The van der Waals surface area contributed by atoms with Crippen LogP contribution >= 0.6 is 0 Å². The van der Waals surface area contributed by atoms with Gasteiger partial charge < -0.3 is 15.2 Å². The van der Waals surface area contributed by atoms with E-state index in [9.17, 15) is 9.18 Å². The number of aromatic nitrogens is 1. The Morgan fingerprint density at radius 1 is 1.35 bits per heavy atom. The lowest BCUT2D eigenvalue weighted by molar-refractivity contribution is 0.0697. The van der Waals surface area contributed by atoms with Crippen LogP contribution in [0.15, 0.2) is 30.5 Å². The molecule has 0 saturated heterocycles. The molecule has 0 bridgehead atoms. The number of nitrogens with zero attached hydrogens (tertiary/aromatic N) is 1. The number of ether oxygens (including phenoxy) is 1. The molecule has 2 rings (SSSR count). The van der Waals surface area contributed by atoms with Crippen molar-refractivity contribution in [3.63, 3.8) is 0 Å². The summed E-state index contributed by atoms with van der Waals surface area (Å²) in [5.41, 5.74) is 1.01. The van der Waals surface area contributed by atoms with Crippen molar-refractivity contribution in [1.29, 1.82) is 0 Å². The summed E-state index contributed by atoms with van der Waals surface area (Å²) in [5.74, 6) is -1.17. The van der Waals surface area contributed by atoms with E-state index in [-0.39, 0.29) is 16.9 Å². The van der Waals surface area contributed by atoms with Gasteiger partial charge in [0.05, 0.1) is 18.5 Å². The lowest BCUT2D eigenvalue weighted by Crippen LogP contribution is -2.05. The molecular weight excluding hydrogens is 263 g/mol. The first-order valence-electron chi connectivity index (χ1n) is 5.81. The summed E-state index contributed by atoms with van der Waals surface area (Å²) in [4.78, 5) is 15.1. The third kappa shape index (κ3) is 2.85. The van der Waals surface area contributed by atoms with Gasteiger partial charge in [-0.2, -0.15) is 0 Å². The molecule has 0 amide bonds. The van der Waals surface area contributed by atoms with E-state index in [1.807, 2.05) is 0 Å². The van der Waals surface area contributed by atoms with E-state index in [1.54, 1.807) is 13.0 Å². The van der Waals surface area contributed by atoms with Crippen molar-refractivity contribution in [2.75, 3.05) is 12.4 Å². The molecule has 0 unspecified atom stereocenters. The second kappa shape index (κ2) is 5.56. The summed E-state index contributed by atoms with van der Waals surface area (Å²) < 4.78 is 18.8. The van der Waals surface area contributed by atoms with Crippen LogP contribution in [0.5, 0.6) is 5.75 Å². The molecule has 0 fully saturated rings. The molecule has 0 atom stereocenters. The van der Waals surface area contributed by atoms with Crippen LogP contribution in [-0.4, -0.2) is 23.2 Å². The largest absolute Gasteiger partial charge is 0.497 e. The maximum Gasteiger partial charge on any atom is 0.339 e. The Hall–Kier alpha value is -2.63. The van der Waals surface area contributed by atoms with E-state index in [0.29, 0.717) is 11.4 Å². The van der Waals surface area contributed by atoms with Crippen LogP contribution in [0, 0.1) is 12.7 Å². The van der Waals surface area contributed by atoms with Gasteiger partial charge in [0.1, 0.15) is 17.1 Å². The Balaban J connectivity index is 2.43. The van der Waals surface area contributed by atoms with Gasteiger partial charge in [-0.1, -0.05) is 0 Å². The summed E-state index contributed by atoms with van der Waals surface area (Å²) in [6.07, 6.45) is 1.23. The number of carbonyl (C=O) groups is 1. The van der Waals surface area contributed by atoms with E-state index in [2.05, 4.69) is 10.3 Å². The molecule has 0 aliphatic heterocycles. The van der Waals surface area contributed by atoms with Crippen LogP contribution in [0.25, 0.3) is 0 Å². The summed E-state index contributed by atoms with van der Waals surface area (Å²) in [6, 6.07) is 5.73. The van der Waals surface area contributed by atoms with E-state index in [0.717, 1.165) is 0 Å². The highest BCUT2D eigenvalue weighted by molar-refractivity contribution is 5.94. The van der Waals surface area contributed by atoms with Crippen molar-refractivity contribution >= 4 is 17.3 Å². The fourth-order valence-corrected chi connectivity index (χ4v) is 1.71. The van der Waals surface area contributed by atoms with Crippen LogP contribution in [-0.2, 0) is 0 Å². The number of benzene rings is 1. The quantitative estimate of drug-likeness (QED) is 0.898. The summed E-state index contributed by atoms with van der Waals surface area (Å²) in [7, 11) is 1.47. The van der Waals surface area contributed by atoms with Crippen molar-refractivity contribution in [2.24, 2.45) is 0 Å². The molecule has 2 N–H and O–H groups in total. The maximum atomic E-state index is 13.7. The van der Waals surface area contributed by atoms with Gasteiger partial charge in [0.15, 0.2) is 0 Å². The number of hydrogen-bond acceptors (Lipinski definition) is 4. The van der Waals surface area contributed by atoms with Gasteiger partial charge >= 0.3 is 5.97 Å². The van der Waals surface area contributed by atoms with Crippen molar-refractivity contribution in [3.05, 3.63) is 47.5 Å². The number of aromatic carboxylic acids is 1. The van der Waals surface area contributed by atoms with Gasteiger partial charge in [0, 0.05) is 18.0 Å². The zero-order valence-electron chi connectivity index (χ0n) is 11.0. The number of hydrogen-bond donors (Lipinski definition) is 2. The lowest BCUT2D eigenvalue weighted by Gasteiger charge is -2.12. The average Bonchev–Trinajstić information content (AvgIpc) is 2.41. The van der Waals surface area contributed by atoms with E-state index in [1.165, 1.54) is 31.5 Å². The normalized spacial score (nSPS) is 10.2. The maximum absolute atomic E-state index is 13.7. The highest BCUT2D eigenvalue weighted by Crippen LogP contribution is 2.26. The minimum Gasteiger partial charge on any atom is -0.497 e. The molecule has 0 radical (unpaired) electrons. The fourth-order valence-electron chi connectivity index (χ4n) is 1.71. The van der Waals surface area contributed by atoms with Crippen molar-refractivity contribution < 1.29 is 19.0 Å². The molecule has 5 nitrogen and oxygen atoms in total. The predicted octanol–water partition coefficient (Wildman–Crippen LogP) is 2.98. The molecule has 104 valence electrons. The van der Waals surface area contributed by atoms with Crippen LogP contribution in [0.1, 0.15) is 16.1 Å². The zero-order chi connectivity index (χ0) is 14.7. The van der Waals surface area contributed by atoms with Crippen molar-refractivity contribution in [2.45, 2.75) is 6.92 Å². The molecule has 2 aromatic rings. The number of carboxylic acids is 1. The van der Waals surface area contributed by atoms with Gasteiger partial charge in [0.25, 0.3) is 0 Å². The first-order valence-corrected chi connectivity index (χ1v) is 5.81. The first kappa shape index (κ1) is 13.8. The first-order chi connectivity index (χ1) is 9.51. The minimum atomic E-state index is -1.14. The highest BCUT2D eigenvalue weighted by Gasteiger charge is 2.13. The summed E-state index contributed by atoms with van der Waals surface area (Å²) in [6.45, 7) is 1.72. The summed E-state index contributed by atoms with van der Waals surface area (Å²) >= 11 is 0. The van der Waals surface area contributed by atoms with E-state index < -0.39 is 11.8 Å². The molecule has 6 heteroatoms. The molecular formula is C14H13FN2O3. The third-order valence-corrected chi connectivity index (χ3v) is 2.71. The number of nitrogens with one attached hydrogen (secondary N) is 1. The molecule has 0 saturated carbocycles. The topological polar surface area (TPSA) is 71.5 Å². The Bertz CT molecular complexity index is 659. The summed E-state index contributed by atoms with van der Waals surface area (Å²) in [5, 5.41) is 11.9. The average molecular weight is 276 g/mol. The van der Waals surface area contributed by atoms with Crippen LogP contribution in [0.3, 0.4) is 0 Å². The van der Waals surface area contributed by atoms with Crippen molar-refractivity contribution in [3.8, 4) is 5.75 Å². The number of halogens is 1. The molecule has 1 aromatic heterocycles. The molecule has 1 aromatic carbocycles. The Labute approximate surface area is 115 Å². The van der Waals surface area contributed by atoms with Gasteiger partial charge in [-0.05, 0) is 25.1 Å². The number of rotatable bonds is 4. The van der Waals surface area contributed by atoms with E-state index in [4.69, 9.17) is 9.84 Å². The number of carboxylic acid groups (broad SMARTS) is 1. The number of aryl methyl sites for hydroxylation is 1. The smallest absolute Gasteiger partial charge is 0.339 e. The Kier molecular flexibility index (Phi) is 3.84. The number of methoxy groups -OCH3 is 1. The zero-order valence-corrected chi connectivity index (χ0v) is 11.0. The van der Waals surface area contributed by atoms with Gasteiger partial charge in [0.2, 0.25) is 0 Å². The minimum absolute atomic E-state index is 0.0298.